The number of carbonyl (C=O) groups is 3. The van der Waals surface area contributed by atoms with Crippen molar-refractivity contribution in [1.29, 1.82) is 0 Å². The summed E-state index contributed by atoms with van der Waals surface area (Å²) < 4.78 is 10.6. The van der Waals surface area contributed by atoms with Crippen molar-refractivity contribution < 1.29 is 23.9 Å². The molecule has 1 atom stereocenters. The van der Waals surface area contributed by atoms with E-state index in [-0.39, 0.29) is 25.7 Å². The van der Waals surface area contributed by atoms with Crippen molar-refractivity contribution in [3.63, 3.8) is 0 Å². The number of ether oxygens (including phenoxy) is 2. The van der Waals surface area contributed by atoms with E-state index in [1.54, 1.807) is 30.7 Å². The van der Waals surface area contributed by atoms with E-state index < -0.39 is 18.0 Å². The number of hydrogen-bond acceptors (Lipinski definition) is 6. The van der Waals surface area contributed by atoms with Crippen LogP contribution in [-0.4, -0.2) is 52.1 Å². The average Bonchev–Trinajstić information content (AvgIpc) is 3.40. The molecule has 4 amide bonds. The number of nitrogens with zero attached hydrogens (tertiary/aromatic N) is 2. The van der Waals surface area contributed by atoms with Gasteiger partial charge in [0, 0.05) is 24.9 Å². The first-order valence-corrected chi connectivity index (χ1v) is 8.84. The van der Waals surface area contributed by atoms with Gasteiger partial charge in [-0.15, -0.1) is 0 Å². The Labute approximate surface area is 160 Å². The molecule has 0 radical (unpaired) electrons. The number of fused-ring (bicyclic) bond motifs is 1. The van der Waals surface area contributed by atoms with Crippen molar-refractivity contribution in [2.45, 2.75) is 25.4 Å². The van der Waals surface area contributed by atoms with Gasteiger partial charge < -0.3 is 25.1 Å². The van der Waals surface area contributed by atoms with Crippen LogP contribution in [-0.2, 0) is 22.6 Å². The molecule has 0 unspecified atom stereocenters. The molecule has 10 heteroatoms. The van der Waals surface area contributed by atoms with E-state index in [1.165, 1.54) is 0 Å². The van der Waals surface area contributed by atoms with E-state index in [0.717, 1.165) is 16.2 Å². The topological polar surface area (TPSA) is 126 Å². The summed E-state index contributed by atoms with van der Waals surface area (Å²) in [7, 11) is 0. The fourth-order valence-electron chi connectivity index (χ4n) is 3.10. The van der Waals surface area contributed by atoms with Crippen LogP contribution in [0.25, 0.3) is 0 Å². The van der Waals surface area contributed by atoms with E-state index in [9.17, 15) is 14.4 Å². The Kier molecular flexibility index (Phi) is 4.83. The van der Waals surface area contributed by atoms with Crippen LogP contribution in [0.5, 0.6) is 11.5 Å². The number of aromatic amines is 1. The van der Waals surface area contributed by atoms with Crippen molar-refractivity contribution in [2.75, 3.05) is 13.3 Å². The van der Waals surface area contributed by atoms with Crippen LogP contribution in [0, 0.1) is 0 Å². The molecule has 1 fully saturated rings. The number of urea groups is 1. The van der Waals surface area contributed by atoms with Crippen molar-refractivity contribution in [2.24, 2.45) is 0 Å². The Morgan fingerprint density at radius 3 is 2.96 bits per heavy atom. The lowest BCUT2D eigenvalue weighted by atomic mass is 10.1. The van der Waals surface area contributed by atoms with E-state index in [0.29, 0.717) is 24.5 Å². The van der Waals surface area contributed by atoms with Crippen LogP contribution in [0.4, 0.5) is 4.79 Å². The highest BCUT2D eigenvalue weighted by molar-refractivity contribution is 6.05. The molecule has 3 N–H and O–H groups in total. The standard InChI is InChI=1S/C18H19N5O5/c24-16(20-4-3-12-7-19-9-21-12)6-13-17(25)23(18(26)22-13)8-11-1-2-14-15(5-11)28-10-27-14/h1-2,5,7,9,13H,3-4,6,8,10H2,(H,19,21)(H,20,24)(H,22,26)/t13-/m1/s1. The van der Waals surface area contributed by atoms with Crippen molar-refractivity contribution in [3.8, 4) is 11.5 Å². The predicted molar refractivity (Wildman–Crippen MR) is 95.4 cm³/mol. The molecule has 10 nitrogen and oxygen atoms in total. The first-order chi connectivity index (χ1) is 13.6. The highest BCUT2D eigenvalue weighted by atomic mass is 16.7. The summed E-state index contributed by atoms with van der Waals surface area (Å²) in [4.78, 5) is 44.8. The first-order valence-electron chi connectivity index (χ1n) is 8.84. The summed E-state index contributed by atoms with van der Waals surface area (Å²) in [5.41, 5.74) is 1.64. The van der Waals surface area contributed by atoms with Crippen LogP contribution in [0.15, 0.2) is 30.7 Å². The molecule has 0 bridgehead atoms. The summed E-state index contributed by atoms with van der Waals surface area (Å²) in [5, 5.41) is 5.30. The normalized spacial score (nSPS) is 17.7. The van der Waals surface area contributed by atoms with Gasteiger partial charge in [-0.2, -0.15) is 0 Å². The smallest absolute Gasteiger partial charge is 0.325 e. The van der Waals surface area contributed by atoms with Gasteiger partial charge in [-0.05, 0) is 17.7 Å². The van der Waals surface area contributed by atoms with Gasteiger partial charge in [-0.1, -0.05) is 6.07 Å². The molecule has 146 valence electrons. The van der Waals surface area contributed by atoms with Crippen molar-refractivity contribution in [1.82, 2.24) is 25.5 Å². The summed E-state index contributed by atoms with van der Waals surface area (Å²) in [6.07, 6.45) is 3.75. The average molecular weight is 385 g/mol. The number of rotatable bonds is 7. The van der Waals surface area contributed by atoms with E-state index in [4.69, 9.17) is 9.47 Å². The van der Waals surface area contributed by atoms with Gasteiger partial charge in [0.2, 0.25) is 12.7 Å². The van der Waals surface area contributed by atoms with Gasteiger partial charge in [-0.25, -0.2) is 9.78 Å². The second-order valence-electron chi connectivity index (χ2n) is 6.49. The number of imidazole rings is 1. The first kappa shape index (κ1) is 17.8. The molecule has 0 spiro atoms. The van der Waals surface area contributed by atoms with Crippen LogP contribution >= 0.6 is 0 Å². The zero-order chi connectivity index (χ0) is 19.5. The predicted octanol–water partition coefficient (Wildman–Crippen LogP) is 0.308. The lowest BCUT2D eigenvalue weighted by molar-refractivity contribution is -0.131. The summed E-state index contributed by atoms with van der Waals surface area (Å²) in [5.74, 6) is 0.484. The quantitative estimate of drug-likeness (QED) is 0.589. The molecule has 2 aliphatic rings. The molecule has 1 aromatic heterocycles. The highest BCUT2D eigenvalue weighted by Crippen LogP contribution is 2.33. The van der Waals surface area contributed by atoms with Gasteiger partial charge in [-0.3, -0.25) is 14.5 Å². The molecular weight excluding hydrogens is 366 g/mol. The van der Waals surface area contributed by atoms with Gasteiger partial charge in [0.1, 0.15) is 6.04 Å². The maximum Gasteiger partial charge on any atom is 0.325 e. The summed E-state index contributed by atoms with van der Waals surface area (Å²) >= 11 is 0. The minimum absolute atomic E-state index is 0.0965. The maximum atomic E-state index is 12.5. The number of imide groups is 1. The number of amides is 4. The van der Waals surface area contributed by atoms with Gasteiger partial charge in [0.05, 0.1) is 19.3 Å². The molecule has 1 saturated heterocycles. The number of carbonyl (C=O) groups excluding carboxylic acids is 3. The Morgan fingerprint density at radius 1 is 1.29 bits per heavy atom. The minimum atomic E-state index is -0.867. The Balaban J connectivity index is 1.30. The molecule has 2 aliphatic heterocycles. The van der Waals surface area contributed by atoms with E-state index in [2.05, 4.69) is 20.6 Å². The van der Waals surface area contributed by atoms with Gasteiger partial charge in [0.25, 0.3) is 5.91 Å². The molecule has 28 heavy (non-hydrogen) atoms. The van der Waals surface area contributed by atoms with Crippen LogP contribution in [0.1, 0.15) is 17.7 Å². The fraction of sp³-hybridized carbons (Fsp3) is 0.333. The molecular formula is C18H19N5O5. The van der Waals surface area contributed by atoms with Gasteiger partial charge >= 0.3 is 6.03 Å². The molecule has 2 aromatic rings. The summed E-state index contributed by atoms with van der Waals surface area (Å²) in [6, 6.07) is 3.86. The maximum absolute atomic E-state index is 12.5. The second-order valence-corrected chi connectivity index (χ2v) is 6.49. The molecule has 0 aliphatic carbocycles. The fourth-order valence-corrected chi connectivity index (χ4v) is 3.10. The Morgan fingerprint density at radius 2 is 2.14 bits per heavy atom. The third-order valence-corrected chi connectivity index (χ3v) is 4.55. The lowest BCUT2D eigenvalue weighted by Gasteiger charge is -2.13. The van der Waals surface area contributed by atoms with Crippen molar-refractivity contribution in [3.05, 3.63) is 42.0 Å². The highest BCUT2D eigenvalue weighted by Gasteiger charge is 2.39. The largest absolute Gasteiger partial charge is 0.454 e. The SMILES string of the molecule is O=C(C[C@H]1NC(=O)N(Cc2ccc3c(c2)OCO3)C1=O)NCCc1cnc[nH]1. The number of H-pyrrole nitrogens is 1. The number of benzene rings is 1. The third kappa shape index (κ3) is 3.75. The Bertz CT molecular complexity index is 898. The Hall–Kier alpha value is -3.56. The lowest BCUT2D eigenvalue weighted by Crippen LogP contribution is -2.37. The minimum Gasteiger partial charge on any atom is -0.454 e. The molecule has 3 heterocycles. The van der Waals surface area contributed by atoms with Gasteiger partial charge in [0.15, 0.2) is 11.5 Å². The molecule has 4 rings (SSSR count). The number of aromatic nitrogens is 2. The molecule has 1 aromatic carbocycles. The van der Waals surface area contributed by atoms with Crippen LogP contribution in [0.3, 0.4) is 0 Å². The second kappa shape index (κ2) is 7.59. The third-order valence-electron chi connectivity index (χ3n) is 4.55. The van der Waals surface area contributed by atoms with E-state index in [1.807, 2.05) is 0 Å². The monoisotopic (exact) mass is 385 g/mol. The van der Waals surface area contributed by atoms with Crippen LogP contribution in [0.2, 0.25) is 0 Å². The van der Waals surface area contributed by atoms with Crippen LogP contribution < -0.4 is 20.1 Å². The van der Waals surface area contributed by atoms with E-state index >= 15 is 0 Å². The molecule has 0 saturated carbocycles. The zero-order valence-electron chi connectivity index (χ0n) is 14.9. The zero-order valence-corrected chi connectivity index (χ0v) is 14.9. The van der Waals surface area contributed by atoms with Crippen molar-refractivity contribution >= 4 is 17.8 Å². The summed E-state index contributed by atoms with van der Waals surface area (Å²) in [6.45, 7) is 0.662. The number of hydrogen-bond donors (Lipinski definition) is 3. The number of nitrogens with one attached hydrogen (secondary N) is 3.